The number of rotatable bonds is 4. The Bertz CT molecular complexity index is 977. The minimum atomic E-state index is -2.23. The first-order chi connectivity index (χ1) is 15.7. The van der Waals surface area contributed by atoms with E-state index >= 15 is 0 Å². The summed E-state index contributed by atoms with van der Waals surface area (Å²) in [5, 5.41) is 28.8. The summed E-state index contributed by atoms with van der Waals surface area (Å²) in [7, 11) is -4.46. The van der Waals surface area contributed by atoms with Gasteiger partial charge in [-0.3, -0.25) is 0 Å². The maximum absolute atomic E-state index is 12.1. The van der Waals surface area contributed by atoms with Gasteiger partial charge in [0.1, 0.15) is 48.1 Å². The predicted octanol–water partition coefficient (Wildman–Crippen LogP) is 3.97. The quantitative estimate of drug-likeness (QED) is 0.455. The molecule has 1 aliphatic heterocycles. The van der Waals surface area contributed by atoms with Gasteiger partial charge < -0.3 is 10.2 Å². The van der Waals surface area contributed by atoms with Crippen LogP contribution in [0.15, 0.2) is 121 Å². The molecule has 4 heteroatoms. The van der Waals surface area contributed by atoms with Gasteiger partial charge in [0.2, 0.25) is 11.7 Å². The third-order valence-electron chi connectivity index (χ3n) is 6.79. The van der Waals surface area contributed by atoms with Gasteiger partial charge in [-0.05, 0) is 48.5 Å². The standard InChI is InChI=1S/C28H28O2P2/c29-27-22-32(25-17-9-3-10-18-25,26-19-11-4-12-20-26)28(30)21-31(27,23-13-5-1-6-14-23)24-15-7-2-8-16-24/h1-20,27-30H,21-22H2/q+2/t27-,28-/m1/s1. The molecule has 2 nitrogen and oxygen atoms in total. The molecule has 0 spiro atoms. The molecule has 160 valence electrons. The van der Waals surface area contributed by atoms with Crippen molar-refractivity contribution in [2.24, 2.45) is 0 Å². The zero-order valence-electron chi connectivity index (χ0n) is 17.9. The number of aliphatic hydroxyl groups excluding tert-OH is 2. The largest absolute Gasteiger partial charge is 0.356 e. The summed E-state index contributed by atoms with van der Waals surface area (Å²) in [5.41, 5.74) is 0. The first-order valence-electron chi connectivity index (χ1n) is 11.0. The Kier molecular flexibility index (Phi) is 5.97. The molecule has 2 atom stereocenters. The molecule has 1 fully saturated rings. The minimum Gasteiger partial charge on any atom is -0.356 e. The van der Waals surface area contributed by atoms with Crippen molar-refractivity contribution in [3.05, 3.63) is 121 Å². The summed E-state index contributed by atoms with van der Waals surface area (Å²) in [4.78, 5) is 0. The Morgan fingerprint density at radius 2 is 0.625 bits per heavy atom. The Balaban J connectivity index is 1.71. The van der Waals surface area contributed by atoms with E-state index in [4.69, 9.17) is 0 Å². The van der Waals surface area contributed by atoms with Gasteiger partial charge in [0.05, 0.1) is 0 Å². The van der Waals surface area contributed by atoms with Gasteiger partial charge in [0.15, 0.2) is 0 Å². The van der Waals surface area contributed by atoms with Crippen molar-refractivity contribution in [3.8, 4) is 0 Å². The second kappa shape index (κ2) is 8.89. The molecule has 1 saturated heterocycles. The molecule has 0 radical (unpaired) electrons. The van der Waals surface area contributed by atoms with Crippen LogP contribution >= 0.6 is 14.5 Å². The topological polar surface area (TPSA) is 40.5 Å². The first-order valence-corrected chi connectivity index (χ1v) is 15.1. The zero-order chi connectivity index (χ0) is 22.0. The monoisotopic (exact) mass is 458 g/mol. The van der Waals surface area contributed by atoms with Crippen molar-refractivity contribution in [3.63, 3.8) is 0 Å². The number of hydrogen-bond acceptors (Lipinski definition) is 2. The lowest BCUT2D eigenvalue weighted by Crippen LogP contribution is -2.49. The van der Waals surface area contributed by atoms with Crippen LogP contribution < -0.4 is 21.2 Å². The summed E-state index contributed by atoms with van der Waals surface area (Å²) < 4.78 is 0. The second-order valence-corrected chi connectivity index (χ2v) is 15.9. The lowest BCUT2D eigenvalue weighted by Gasteiger charge is -2.43. The Morgan fingerprint density at radius 1 is 0.406 bits per heavy atom. The zero-order valence-corrected chi connectivity index (χ0v) is 19.7. The molecule has 0 bridgehead atoms. The molecular weight excluding hydrogens is 430 g/mol. The number of benzene rings is 4. The highest BCUT2D eigenvalue weighted by atomic mass is 31.2. The molecule has 1 aliphatic rings. The molecule has 0 amide bonds. The molecule has 0 unspecified atom stereocenters. The average molecular weight is 458 g/mol. The lowest BCUT2D eigenvalue weighted by molar-refractivity contribution is 0.249. The summed E-state index contributed by atoms with van der Waals surface area (Å²) in [6, 6.07) is 41.5. The normalized spacial score (nSPS) is 21.7. The Morgan fingerprint density at radius 3 is 0.844 bits per heavy atom. The molecule has 5 rings (SSSR count). The van der Waals surface area contributed by atoms with Crippen LogP contribution in [-0.4, -0.2) is 34.2 Å². The third kappa shape index (κ3) is 3.43. The van der Waals surface area contributed by atoms with Gasteiger partial charge in [0, 0.05) is 0 Å². The summed E-state index contributed by atoms with van der Waals surface area (Å²) >= 11 is 0. The van der Waals surface area contributed by atoms with Crippen LogP contribution in [-0.2, 0) is 0 Å². The fourth-order valence-corrected chi connectivity index (χ4v) is 16.1. The highest BCUT2D eigenvalue weighted by Crippen LogP contribution is 2.75. The number of hydrogen-bond donors (Lipinski definition) is 2. The third-order valence-corrected chi connectivity index (χ3v) is 16.5. The molecule has 0 saturated carbocycles. The van der Waals surface area contributed by atoms with E-state index < -0.39 is 26.2 Å². The number of aliphatic hydroxyl groups is 2. The fourth-order valence-electron chi connectivity index (χ4n) is 5.22. The van der Waals surface area contributed by atoms with Crippen molar-refractivity contribution in [1.82, 2.24) is 0 Å². The van der Waals surface area contributed by atoms with E-state index in [9.17, 15) is 10.2 Å². The van der Waals surface area contributed by atoms with E-state index in [0.29, 0.717) is 12.3 Å². The van der Waals surface area contributed by atoms with Crippen molar-refractivity contribution < 1.29 is 10.2 Å². The molecule has 2 N–H and O–H groups in total. The van der Waals surface area contributed by atoms with E-state index in [2.05, 4.69) is 48.5 Å². The maximum Gasteiger partial charge on any atom is 0.208 e. The highest BCUT2D eigenvalue weighted by Gasteiger charge is 2.67. The van der Waals surface area contributed by atoms with Crippen molar-refractivity contribution >= 4 is 35.7 Å². The van der Waals surface area contributed by atoms with Crippen LogP contribution in [0.4, 0.5) is 0 Å². The molecular formula is C28H28O2P2+2. The first kappa shape index (κ1) is 21.5. The smallest absolute Gasteiger partial charge is 0.208 e. The summed E-state index contributed by atoms with van der Waals surface area (Å²) in [6.45, 7) is 0. The van der Waals surface area contributed by atoms with Gasteiger partial charge in [0.25, 0.3) is 0 Å². The van der Waals surface area contributed by atoms with E-state index in [0.717, 1.165) is 21.2 Å². The molecule has 0 aliphatic carbocycles. The van der Waals surface area contributed by atoms with Crippen LogP contribution in [0.5, 0.6) is 0 Å². The summed E-state index contributed by atoms with van der Waals surface area (Å²) in [5.74, 6) is -1.05. The van der Waals surface area contributed by atoms with Gasteiger partial charge in [-0.1, -0.05) is 72.8 Å². The molecule has 4 aromatic carbocycles. The van der Waals surface area contributed by atoms with Gasteiger partial charge >= 0.3 is 0 Å². The van der Waals surface area contributed by atoms with E-state index in [-0.39, 0.29) is 0 Å². The van der Waals surface area contributed by atoms with E-state index in [1.54, 1.807) is 0 Å². The van der Waals surface area contributed by atoms with Crippen LogP contribution in [0.2, 0.25) is 0 Å². The second-order valence-electron chi connectivity index (χ2n) is 8.41. The maximum atomic E-state index is 12.1. The molecule has 32 heavy (non-hydrogen) atoms. The summed E-state index contributed by atoms with van der Waals surface area (Å²) in [6.07, 6.45) is 1.17. The minimum absolute atomic E-state index is 0.524. The SMILES string of the molecule is O[C@H]1C[P+](c2ccccc2)(c2ccccc2)[C@@H](O)C[P+]1(c1ccccc1)c1ccccc1. The van der Waals surface area contributed by atoms with Crippen LogP contribution in [0.1, 0.15) is 0 Å². The van der Waals surface area contributed by atoms with Crippen LogP contribution in [0.3, 0.4) is 0 Å². The molecule has 4 aromatic rings. The van der Waals surface area contributed by atoms with Crippen LogP contribution in [0.25, 0.3) is 0 Å². The Labute approximate surface area is 191 Å². The average Bonchev–Trinajstić information content (AvgIpc) is 2.87. The molecule has 1 heterocycles. The van der Waals surface area contributed by atoms with Crippen LogP contribution in [0, 0.1) is 0 Å². The van der Waals surface area contributed by atoms with Crippen molar-refractivity contribution in [2.75, 3.05) is 12.3 Å². The Hall–Kier alpha value is -2.34. The fraction of sp³-hybridized carbons (Fsp3) is 0.143. The molecule has 0 aromatic heterocycles. The van der Waals surface area contributed by atoms with E-state index in [1.807, 2.05) is 72.8 Å². The van der Waals surface area contributed by atoms with Gasteiger partial charge in [-0.2, -0.15) is 0 Å². The predicted molar refractivity (Wildman–Crippen MR) is 140 cm³/mol. The highest BCUT2D eigenvalue weighted by molar-refractivity contribution is 7.96. The van der Waals surface area contributed by atoms with Crippen molar-refractivity contribution in [1.29, 1.82) is 0 Å². The van der Waals surface area contributed by atoms with Gasteiger partial charge in [-0.25, -0.2) is 0 Å². The van der Waals surface area contributed by atoms with Crippen molar-refractivity contribution in [2.45, 2.75) is 11.7 Å². The van der Waals surface area contributed by atoms with Gasteiger partial charge in [-0.15, -0.1) is 0 Å². The lowest BCUT2D eigenvalue weighted by atomic mass is 10.4. The van der Waals surface area contributed by atoms with E-state index in [1.165, 1.54) is 0 Å².